The Balaban J connectivity index is 1.65. The van der Waals surface area contributed by atoms with Gasteiger partial charge in [0.25, 0.3) is 11.8 Å². The maximum atomic E-state index is 13.0. The van der Waals surface area contributed by atoms with Crippen LogP contribution in [0.5, 0.6) is 23.0 Å². The molecule has 0 aromatic heterocycles. The Morgan fingerprint density at radius 3 is 0.859 bits per heavy atom. The summed E-state index contributed by atoms with van der Waals surface area (Å²) >= 11 is 0. The summed E-state index contributed by atoms with van der Waals surface area (Å²) in [6, 6.07) is 22.3. The summed E-state index contributed by atoms with van der Waals surface area (Å²) in [5.41, 5.74) is 5.41. The molecular weight excluding hydrogens is 829 g/mol. The Hall–Kier alpha value is -7.10. The lowest BCUT2D eigenvalue weighted by molar-refractivity contribution is -0.146. The van der Waals surface area contributed by atoms with E-state index >= 15 is 0 Å². The van der Waals surface area contributed by atoms with Crippen molar-refractivity contribution in [3.63, 3.8) is 0 Å². The van der Waals surface area contributed by atoms with Crippen LogP contribution in [0, 0.1) is 0 Å². The molecule has 1 aliphatic rings. The molecule has 340 valence electrons. The second-order valence-corrected chi connectivity index (χ2v) is 14.3. The molecule has 0 fully saturated rings. The number of nitrogens with one attached hydrogen (secondary N) is 2. The van der Waals surface area contributed by atoms with E-state index in [0.29, 0.717) is 67.5 Å². The number of hydrogen-bond donors (Lipinski definition) is 2. The second-order valence-electron chi connectivity index (χ2n) is 14.3. The summed E-state index contributed by atoms with van der Waals surface area (Å²) in [7, 11) is 0. The largest absolute Gasteiger partial charge is 0.483 e. The number of para-hydroxylation sites is 4. The molecule has 16 nitrogen and oxygen atoms in total. The highest BCUT2D eigenvalue weighted by molar-refractivity contribution is 5.83. The zero-order valence-electron chi connectivity index (χ0n) is 36.5. The van der Waals surface area contributed by atoms with Crippen molar-refractivity contribution < 1.29 is 66.7 Å². The topological polar surface area (TPSA) is 200 Å². The highest BCUT2D eigenvalue weighted by Gasteiger charge is 2.24. The maximum Gasteiger partial charge on any atom is 0.344 e. The van der Waals surface area contributed by atoms with Crippen LogP contribution in [0.2, 0.25) is 0 Å². The van der Waals surface area contributed by atoms with Gasteiger partial charge in [-0.1, -0.05) is 72.8 Å². The first kappa shape index (κ1) is 47.9. The zero-order chi connectivity index (χ0) is 45.8. The Morgan fingerprint density at radius 2 is 0.609 bits per heavy atom. The Morgan fingerprint density at radius 1 is 0.375 bits per heavy atom. The van der Waals surface area contributed by atoms with Crippen molar-refractivity contribution in [3.05, 3.63) is 117 Å². The van der Waals surface area contributed by atoms with Crippen molar-refractivity contribution in [2.75, 3.05) is 65.9 Å². The SMILES string of the molecule is CCOC(=O)CNC(=O)COc1c2cccc1Cc1cccc(c1OCC(=O)OCC)Cc1cccc(c1OCC(=O)NCC(=O)OCC)Cc1cccc(c1OCC(=O)OCC)C2. The molecule has 4 aromatic carbocycles. The molecule has 0 aliphatic heterocycles. The number of rotatable bonds is 20. The fourth-order valence-electron chi connectivity index (χ4n) is 7.04. The van der Waals surface area contributed by atoms with E-state index in [9.17, 15) is 28.8 Å². The minimum absolute atomic E-state index is 0.163. The molecular formula is C48H54N2O14. The summed E-state index contributed by atoms with van der Waals surface area (Å²) in [5.74, 6) is -1.78. The molecule has 2 amide bonds. The van der Waals surface area contributed by atoms with Crippen LogP contribution >= 0.6 is 0 Å². The van der Waals surface area contributed by atoms with Gasteiger partial charge in [-0.25, -0.2) is 9.59 Å². The summed E-state index contributed by atoms with van der Waals surface area (Å²) in [6.07, 6.45) is 0.873. The summed E-state index contributed by atoms with van der Waals surface area (Å²) in [5, 5.41) is 5.07. The molecule has 8 bridgehead atoms. The number of benzene rings is 4. The van der Waals surface area contributed by atoms with Crippen molar-refractivity contribution in [3.8, 4) is 23.0 Å². The fraction of sp³-hybridized carbons (Fsp3) is 0.375. The summed E-state index contributed by atoms with van der Waals surface area (Å²) in [6.45, 7) is 5.13. The first-order chi connectivity index (χ1) is 31.0. The van der Waals surface area contributed by atoms with Gasteiger partial charge in [-0.2, -0.15) is 0 Å². The highest BCUT2D eigenvalue weighted by Crippen LogP contribution is 2.39. The predicted molar refractivity (Wildman–Crippen MR) is 232 cm³/mol. The van der Waals surface area contributed by atoms with Crippen LogP contribution in [-0.2, 0) is 73.4 Å². The number of carbonyl (C=O) groups is 6. The van der Waals surface area contributed by atoms with E-state index < -0.39 is 48.9 Å². The second kappa shape index (κ2) is 24.5. The maximum absolute atomic E-state index is 13.0. The van der Waals surface area contributed by atoms with Gasteiger partial charge in [-0.15, -0.1) is 0 Å². The van der Waals surface area contributed by atoms with Crippen molar-refractivity contribution in [1.29, 1.82) is 0 Å². The van der Waals surface area contributed by atoms with Gasteiger partial charge in [0, 0.05) is 25.7 Å². The van der Waals surface area contributed by atoms with Gasteiger partial charge in [-0.05, 0) is 72.2 Å². The third kappa shape index (κ3) is 14.0. The number of hydrogen-bond acceptors (Lipinski definition) is 14. The third-order valence-electron chi connectivity index (χ3n) is 9.68. The van der Waals surface area contributed by atoms with Crippen LogP contribution in [-0.4, -0.2) is 102 Å². The third-order valence-corrected chi connectivity index (χ3v) is 9.68. The van der Waals surface area contributed by atoms with Crippen molar-refractivity contribution in [2.24, 2.45) is 0 Å². The van der Waals surface area contributed by atoms with E-state index in [1.807, 2.05) is 72.8 Å². The van der Waals surface area contributed by atoms with Gasteiger partial charge in [0.2, 0.25) is 0 Å². The smallest absolute Gasteiger partial charge is 0.344 e. The molecule has 0 radical (unpaired) electrons. The molecule has 64 heavy (non-hydrogen) atoms. The standard InChI is InChI=1S/C48H54N2O14/c1-5-57-41(53)25-49-39(51)27-61-45-31-13-9-14-32(45)22-36-18-12-20-38(48(36)64-30-44(56)60-8-4)24-34-16-10-15-33(46(34)62-28-40(52)50-26-42(54)58-6-2)23-37-19-11-17-35(21-31)47(37)63-29-43(55)59-7-3/h9-20H,5-8,21-30H2,1-4H3,(H,49,51)(H,50,52). The molecule has 0 atom stereocenters. The van der Waals surface area contributed by atoms with Crippen molar-refractivity contribution in [2.45, 2.75) is 53.4 Å². The highest BCUT2D eigenvalue weighted by atomic mass is 16.6. The minimum Gasteiger partial charge on any atom is -0.483 e. The fourth-order valence-corrected chi connectivity index (χ4v) is 7.04. The Labute approximate surface area is 371 Å². The Bertz CT molecular complexity index is 2050. The van der Waals surface area contributed by atoms with Crippen LogP contribution in [0.15, 0.2) is 72.8 Å². The first-order valence-corrected chi connectivity index (χ1v) is 21.1. The lowest BCUT2D eigenvalue weighted by Crippen LogP contribution is -2.34. The molecule has 4 aromatic rings. The molecule has 16 heteroatoms. The molecule has 0 spiro atoms. The normalized spacial score (nSPS) is 11.6. The minimum atomic E-state index is -0.586. The van der Waals surface area contributed by atoms with E-state index in [1.54, 1.807) is 27.7 Å². The zero-order valence-corrected chi connectivity index (χ0v) is 36.5. The summed E-state index contributed by atoms with van der Waals surface area (Å²) < 4.78 is 45.5. The van der Waals surface area contributed by atoms with Crippen LogP contribution in [0.3, 0.4) is 0 Å². The van der Waals surface area contributed by atoms with Gasteiger partial charge in [-0.3, -0.25) is 19.2 Å². The van der Waals surface area contributed by atoms with Gasteiger partial charge in [0.05, 0.1) is 26.4 Å². The summed E-state index contributed by atoms with van der Waals surface area (Å²) in [4.78, 5) is 75.5. The van der Waals surface area contributed by atoms with Crippen molar-refractivity contribution in [1.82, 2.24) is 10.6 Å². The number of fused-ring (bicyclic) bond motifs is 8. The average Bonchev–Trinajstić information content (AvgIpc) is 3.27. The van der Waals surface area contributed by atoms with E-state index in [4.69, 9.17) is 37.9 Å². The monoisotopic (exact) mass is 882 g/mol. The van der Waals surface area contributed by atoms with Crippen LogP contribution in [0.25, 0.3) is 0 Å². The predicted octanol–water partition coefficient (Wildman–Crippen LogP) is 4.36. The molecule has 0 saturated carbocycles. The lowest BCUT2D eigenvalue weighted by atomic mass is 9.91. The van der Waals surface area contributed by atoms with Gasteiger partial charge < -0.3 is 48.5 Å². The lowest BCUT2D eigenvalue weighted by Gasteiger charge is -2.22. The Kier molecular flexibility index (Phi) is 18.4. The first-order valence-electron chi connectivity index (χ1n) is 21.1. The van der Waals surface area contributed by atoms with E-state index in [-0.39, 0.29) is 78.4 Å². The van der Waals surface area contributed by atoms with E-state index in [1.165, 1.54) is 0 Å². The van der Waals surface area contributed by atoms with Crippen LogP contribution < -0.4 is 29.6 Å². The number of carbonyl (C=O) groups excluding carboxylic acids is 6. The number of ether oxygens (including phenoxy) is 8. The molecule has 0 saturated heterocycles. The average molecular weight is 883 g/mol. The molecule has 1 aliphatic carbocycles. The number of esters is 4. The van der Waals surface area contributed by atoms with Crippen LogP contribution in [0.1, 0.15) is 72.2 Å². The van der Waals surface area contributed by atoms with Crippen LogP contribution in [0.4, 0.5) is 0 Å². The van der Waals surface area contributed by atoms with Crippen molar-refractivity contribution >= 4 is 35.7 Å². The van der Waals surface area contributed by atoms with E-state index in [2.05, 4.69) is 10.6 Å². The molecule has 5 rings (SSSR count). The van der Waals surface area contributed by atoms with Gasteiger partial charge >= 0.3 is 23.9 Å². The molecule has 0 heterocycles. The molecule has 0 unspecified atom stereocenters. The van der Waals surface area contributed by atoms with E-state index in [0.717, 1.165) is 0 Å². The van der Waals surface area contributed by atoms with Gasteiger partial charge in [0.1, 0.15) is 36.1 Å². The quantitative estimate of drug-likeness (QED) is 0.0825. The number of amides is 2. The molecule has 2 N–H and O–H groups in total. The van der Waals surface area contributed by atoms with Gasteiger partial charge in [0.15, 0.2) is 26.4 Å².